The smallest absolute Gasteiger partial charge is 0.0603 e. The summed E-state index contributed by atoms with van der Waals surface area (Å²) < 4.78 is 19.5. The summed E-state index contributed by atoms with van der Waals surface area (Å²) in [7, 11) is 0. The van der Waals surface area contributed by atoms with Crippen molar-refractivity contribution in [2.45, 2.75) is 152 Å². The highest BCUT2D eigenvalue weighted by Crippen LogP contribution is 2.33. The normalized spacial score (nSPS) is 37.3. The number of hydrogen-bond acceptors (Lipinski definition) is 3. The van der Waals surface area contributed by atoms with Crippen LogP contribution in [0.2, 0.25) is 0 Å². The fourth-order valence-corrected chi connectivity index (χ4v) is 5.92. The summed E-state index contributed by atoms with van der Waals surface area (Å²) in [6.07, 6.45) is 26.0. The average Bonchev–Trinajstić information content (AvgIpc) is 2.70. The highest BCUT2D eigenvalue weighted by molar-refractivity contribution is 4.81. The minimum atomic E-state index is 0.422. The Morgan fingerprint density at radius 3 is 0.963 bits per heavy atom. The molecule has 4 fully saturated rings. The summed E-state index contributed by atoms with van der Waals surface area (Å²) in [5.41, 5.74) is 0. The third kappa shape index (κ3) is 6.44. The van der Waals surface area contributed by atoms with E-state index in [4.69, 9.17) is 14.2 Å². The van der Waals surface area contributed by atoms with Crippen LogP contribution >= 0.6 is 0 Å². The Kier molecular flexibility index (Phi) is 7.91. The van der Waals surface area contributed by atoms with Crippen molar-refractivity contribution < 1.29 is 14.2 Å². The molecule has 3 heteroatoms. The zero-order valence-electron chi connectivity index (χ0n) is 17.4. The molecule has 4 rings (SSSR count). The molecule has 0 aromatic heterocycles. The highest BCUT2D eigenvalue weighted by atomic mass is 16.5. The highest BCUT2D eigenvalue weighted by Gasteiger charge is 2.31. The van der Waals surface area contributed by atoms with Crippen LogP contribution in [0.15, 0.2) is 0 Å². The molecule has 27 heavy (non-hydrogen) atoms. The third-order valence-electron chi connectivity index (χ3n) is 7.42. The molecule has 0 N–H and O–H groups in total. The first-order valence-electron chi connectivity index (χ1n) is 12.3. The van der Waals surface area contributed by atoms with Gasteiger partial charge in [-0.1, -0.05) is 38.5 Å². The molecule has 4 aliphatic carbocycles. The molecule has 156 valence electrons. The first-order chi connectivity index (χ1) is 13.3. The first kappa shape index (κ1) is 20.2. The predicted octanol–water partition coefficient (Wildman–Crippen LogP) is 6.32. The van der Waals surface area contributed by atoms with E-state index in [-0.39, 0.29) is 0 Å². The van der Waals surface area contributed by atoms with Gasteiger partial charge in [-0.05, 0) is 77.0 Å². The Hall–Kier alpha value is -0.120. The van der Waals surface area contributed by atoms with Crippen LogP contribution in [0.4, 0.5) is 0 Å². The maximum Gasteiger partial charge on any atom is 0.0603 e. The molecule has 0 aliphatic heterocycles. The van der Waals surface area contributed by atoms with E-state index in [1.807, 2.05) is 0 Å². The third-order valence-corrected chi connectivity index (χ3v) is 7.42. The molecule has 0 spiro atoms. The Bertz CT molecular complexity index is 376. The molecule has 0 radical (unpaired) electrons. The van der Waals surface area contributed by atoms with Gasteiger partial charge in [0.05, 0.1) is 36.6 Å². The summed E-state index contributed by atoms with van der Waals surface area (Å²) in [6.45, 7) is 0. The van der Waals surface area contributed by atoms with E-state index >= 15 is 0 Å². The van der Waals surface area contributed by atoms with Crippen molar-refractivity contribution in [2.24, 2.45) is 0 Å². The second-order valence-electron chi connectivity index (χ2n) is 9.75. The van der Waals surface area contributed by atoms with Gasteiger partial charge in [-0.15, -0.1) is 0 Å². The molecule has 0 aromatic carbocycles. The minimum Gasteiger partial charge on any atom is -0.375 e. The van der Waals surface area contributed by atoms with E-state index < -0.39 is 0 Å². The lowest BCUT2D eigenvalue weighted by Gasteiger charge is -2.38. The fraction of sp³-hybridized carbons (Fsp3) is 1.00. The van der Waals surface area contributed by atoms with Gasteiger partial charge >= 0.3 is 0 Å². The van der Waals surface area contributed by atoms with Crippen molar-refractivity contribution in [3.05, 3.63) is 0 Å². The van der Waals surface area contributed by atoms with E-state index in [0.29, 0.717) is 36.6 Å². The van der Waals surface area contributed by atoms with Gasteiger partial charge in [0.2, 0.25) is 0 Å². The van der Waals surface area contributed by atoms with Crippen molar-refractivity contribution >= 4 is 0 Å². The van der Waals surface area contributed by atoms with E-state index in [2.05, 4.69) is 0 Å². The van der Waals surface area contributed by atoms with Crippen LogP contribution in [0.5, 0.6) is 0 Å². The molecule has 0 heterocycles. The van der Waals surface area contributed by atoms with Crippen LogP contribution in [-0.4, -0.2) is 36.6 Å². The average molecular weight is 379 g/mol. The molecule has 0 saturated heterocycles. The molecule has 0 aromatic rings. The molecule has 0 amide bonds. The van der Waals surface area contributed by atoms with Crippen LogP contribution in [0, 0.1) is 0 Å². The van der Waals surface area contributed by atoms with Gasteiger partial charge in [-0.3, -0.25) is 0 Å². The van der Waals surface area contributed by atoms with Crippen molar-refractivity contribution in [3.8, 4) is 0 Å². The maximum atomic E-state index is 6.61. The van der Waals surface area contributed by atoms with Crippen LogP contribution < -0.4 is 0 Å². The Labute approximate surface area is 166 Å². The lowest BCUT2D eigenvalue weighted by atomic mass is 9.91. The molecule has 4 saturated carbocycles. The second kappa shape index (κ2) is 10.6. The largest absolute Gasteiger partial charge is 0.375 e. The lowest BCUT2D eigenvalue weighted by Crippen LogP contribution is -2.37. The topological polar surface area (TPSA) is 27.7 Å². The van der Waals surface area contributed by atoms with Crippen molar-refractivity contribution in [3.63, 3.8) is 0 Å². The van der Waals surface area contributed by atoms with Crippen molar-refractivity contribution in [1.82, 2.24) is 0 Å². The van der Waals surface area contributed by atoms with E-state index in [1.54, 1.807) is 0 Å². The fourth-order valence-electron chi connectivity index (χ4n) is 5.92. The SMILES string of the molecule is C1CCC(OC2CCCC(OC3CCCC(OC4CCCCC4)C3)C2)CC1. The Morgan fingerprint density at radius 1 is 0.296 bits per heavy atom. The van der Waals surface area contributed by atoms with Gasteiger partial charge in [0, 0.05) is 0 Å². The molecule has 4 aliphatic rings. The number of hydrogen-bond donors (Lipinski definition) is 0. The molecular weight excluding hydrogens is 336 g/mol. The summed E-state index contributed by atoms with van der Waals surface area (Å²) in [5.74, 6) is 0. The Morgan fingerprint density at radius 2 is 0.593 bits per heavy atom. The van der Waals surface area contributed by atoms with Crippen molar-refractivity contribution in [1.29, 1.82) is 0 Å². The van der Waals surface area contributed by atoms with Crippen LogP contribution in [0.1, 0.15) is 116 Å². The quantitative estimate of drug-likeness (QED) is 0.541. The van der Waals surface area contributed by atoms with Gasteiger partial charge in [-0.25, -0.2) is 0 Å². The van der Waals surface area contributed by atoms with Gasteiger partial charge in [0.15, 0.2) is 0 Å². The maximum absolute atomic E-state index is 6.61. The van der Waals surface area contributed by atoms with Gasteiger partial charge in [0.1, 0.15) is 0 Å². The zero-order valence-corrected chi connectivity index (χ0v) is 17.4. The van der Waals surface area contributed by atoms with Gasteiger partial charge < -0.3 is 14.2 Å². The zero-order chi connectivity index (χ0) is 18.3. The first-order valence-corrected chi connectivity index (χ1v) is 12.3. The molecule has 4 unspecified atom stereocenters. The molecule has 4 atom stereocenters. The predicted molar refractivity (Wildman–Crippen MR) is 109 cm³/mol. The van der Waals surface area contributed by atoms with Crippen molar-refractivity contribution in [2.75, 3.05) is 0 Å². The molecule has 0 bridgehead atoms. The van der Waals surface area contributed by atoms with Crippen LogP contribution in [0.25, 0.3) is 0 Å². The summed E-state index contributed by atoms with van der Waals surface area (Å²) in [4.78, 5) is 0. The standard InChI is InChI=1S/C24H42O3/c1-3-9-19(10-4-1)25-21-13-7-15-23(17-21)27-24-16-8-14-22(18-24)26-20-11-5-2-6-12-20/h19-24H,1-18H2. The number of ether oxygens (including phenoxy) is 3. The molecule has 3 nitrogen and oxygen atoms in total. The van der Waals surface area contributed by atoms with E-state index in [9.17, 15) is 0 Å². The van der Waals surface area contributed by atoms with Gasteiger partial charge in [0.25, 0.3) is 0 Å². The van der Waals surface area contributed by atoms with E-state index in [1.165, 1.54) is 103 Å². The lowest BCUT2D eigenvalue weighted by molar-refractivity contribution is -0.126. The second-order valence-corrected chi connectivity index (χ2v) is 9.75. The monoisotopic (exact) mass is 378 g/mol. The number of rotatable bonds is 6. The van der Waals surface area contributed by atoms with Gasteiger partial charge in [-0.2, -0.15) is 0 Å². The minimum absolute atomic E-state index is 0.422. The Balaban J connectivity index is 1.19. The van der Waals surface area contributed by atoms with Crippen LogP contribution in [-0.2, 0) is 14.2 Å². The summed E-state index contributed by atoms with van der Waals surface area (Å²) >= 11 is 0. The molecular formula is C24H42O3. The summed E-state index contributed by atoms with van der Waals surface area (Å²) in [6, 6.07) is 0. The van der Waals surface area contributed by atoms with Crippen LogP contribution in [0.3, 0.4) is 0 Å². The summed E-state index contributed by atoms with van der Waals surface area (Å²) in [5, 5.41) is 0. The van der Waals surface area contributed by atoms with E-state index in [0.717, 1.165) is 12.8 Å².